The molecule has 64 valence electrons. The Hall–Kier alpha value is -0.670. The number of hydrogen-bond acceptors (Lipinski definition) is 1. The molecule has 11 heavy (non-hydrogen) atoms. The maximum atomic E-state index is 11.8. The monoisotopic (exact) mass is 165 g/mol. The van der Waals surface area contributed by atoms with Crippen LogP contribution in [-0.4, -0.2) is 24.2 Å². The lowest BCUT2D eigenvalue weighted by molar-refractivity contribution is -0.139. The van der Waals surface area contributed by atoms with Crippen LogP contribution in [0.3, 0.4) is 0 Å². The SMILES string of the molecule is CC1=CN(CC(F)(F)F)CC1. The predicted octanol–water partition coefficient (Wildman–Crippen LogP) is 2.16. The molecule has 4 heteroatoms. The van der Waals surface area contributed by atoms with Gasteiger partial charge in [0.2, 0.25) is 0 Å². The van der Waals surface area contributed by atoms with E-state index < -0.39 is 12.7 Å². The molecule has 0 saturated carbocycles. The Morgan fingerprint density at radius 2 is 2.18 bits per heavy atom. The maximum Gasteiger partial charge on any atom is 0.405 e. The molecule has 1 heterocycles. The molecule has 0 amide bonds. The van der Waals surface area contributed by atoms with Gasteiger partial charge in [0, 0.05) is 6.54 Å². The summed E-state index contributed by atoms with van der Waals surface area (Å²) in [5.74, 6) is 0. The first kappa shape index (κ1) is 8.43. The summed E-state index contributed by atoms with van der Waals surface area (Å²) in [5.41, 5.74) is 1.02. The van der Waals surface area contributed by atoms with E-state index in [0.717, 1.165) is 12.0 Å². The summed E-state index contributed by atoms with van der Waals surface area (Å²) < 4.78 is 35.3. The van der Waals surface area contributed by atoms with Crippen molar-refractivity contribution in [2.75, 3.05) is 13.1 Å². The van der Waals surface area contributed by atoms with Crippen LogP contribution in [0.15, 0.2) is 11.8 Å². The van der Waals surface area contributed by atoms with Crippen molar-refractivity contribution in [1.82, 2.24) is 4.90 Å². The van der Waals surface area contributed by atoms with Gasteiger partial charge in [0.05, 0.1) is 0 Å². The van der Waals surface area contributed by atoms with Crippen LogP contribution in [0.4, 0.5) is 13.2 Å². The first-order valence-corrected chi connectivity index (χ1v) is 3.45. The number of alkyl halides is 3. The van der Waals surface area contributed by atoms with E-state index in [4.69, 9.17) is 0 Å². The smallest absolute Gasteiger partial charge is 0.368 e. The second-order valence-corrected chi connectivity index (χ2v) is 2.81. The van der Waals surface area contributed by atoms with Gasteiger partial charge >= 0.3 is 6.18 Å². The van der Waals surface area contributed by atoms with E-state index >= 15 is 0 Å². The summed E-state index contributed by atoms with van der Waals surface area (Å²) in [6.45, 7) is 1.53. The highest BCUT2D eigenvalue weighted by Crippen LogP contribution is 2.21. The lowest BCUT2D eigenvalue weighted by Gasteiger charge is -2.16. The van der Waals surface area contributed by atoms with E-state index in [0.29, 0.717) is 6.54 Å². The molecule has 0 fully saturated rings. The molecule has 0 aromatic rings. The zero-order chi connectivity index (χ0) is 8.48. The fourth-order valence-electron chi connectivity index (χ4n) is 1.12. The van der Waals surface area contributed by atoms with Crippen molar-refractivity contribution in [2.45, 2.75) is 19.5 Å². The Labute approximate surface area is 63.5 Å². The van der Waals surface area contributed by atoms with Gasteiger partial charge in [-0.05, 0) is 19.5 Å². The molecule has 1 rings (SSSR count). The van der Waals surface area contributed by atoms with Gasteiger partial charge in [0.1, 0.15) is 6.54 Å². The molecule has 0 spiro atoms. The fourth-order valence-corrected chi connectivity index (χ4v) is 1.12. The van der Waals surface area contributed by atoms with E-state index in [1.807, 2.05) is 6.92 Å². The minimum Gasteiger partial charge on any atom is -0.368 e. The van der Waals surface area contributed by atoms with Crippen LogP contribution in [0.2, 0.25) is 0 Å². The third-order valence-corrected chi connectivity index (χ3v) is 1.58. The van der Waals surface area contributed by atoms with Crippen LogP contribution in [0, 0.1) is 0 Å². The molecule has 1 aliphatic heterocycles. The van der Waals surface area contributed by atoms with Crippen LogP contribution >= 0.6 is 0 Å². The maximum absolute atomic E-state index is 11.8. The van der Waals surface area contributed by atoms with Gasteiger partial charge in [0.15, 0.2) is 0 Å². The minimum atomic E-state index is -4.07. The number of nitrogens with zero attached hydrogens (tertiary/aromatic N) is 1. The van der Waals surface area contributed by atoms with Crippen molar-refractivity contribution in [2.24, 2.45) is 0 Å². The number of halogens is 3. The fraction of sp³-hybridized carbons (Fsp3) is 0.714. The van der Waals surface area contributed by atoms with Gasteiger partial charge in [-0.1, -0.05) is 5.57 Å². The van der Waals surface area contributed by atoms with Crippen LogP contribution in [-0.2, 0) is 0 Å². The first-order chi connectivity index (χ1) is 4.97. The second-order valence-electron chi connectivity index (χ2n) is 2.81. The highest BCUT2D eigenvalue weighted by molar-refractivity contribution is 5.04. The average molecular weight is 165 g/mol. The molecule has 0 aliphatic carbocycles. The van der Waals surface area contributed by atoms with Crippen molar-refractivity contribution in [3.05, 3.63) is 11.8 Å². The molecule has 0 radical (unpaired) electrons. The third kappa shape index (κ3) is 2.82. The van der Waals surface area contributed by atoms with Crippen molar-refractivity contribution in [1.29, 1.82) is 0 Å². The van der Waals surface area contributed by atoms with Crippen LogP contribution in [0.5, 0.6) is 0 Å². The van der Waals surface area contributed by atoms with Crippen LogP contribution in [0.25, 0.3) is 0 Å². The van der Waals surface area contributed by atoms with Crippen LogP contribution in [0.1, 0.15) is 13.3 Å². The normalized spacial score (nSPS) is 18.9. The molecule has 0 atom stereocenters. The van der Waals surface area contributed by atoms with Gasteiger partial charge in [-0.25, -0.2) is 0 Å². The standard InChI is InChI=1S/C7H10F3N/c1-6-2-3-11(4-6)5-7(8,9)10/h4H,2-3,5H2,1H3. The minimum absolute atomic E-state index is 0.505. The number of rotatable bonds is 1. The lowest BCUT2D eigenvalue weighted by atomic mass is 10.3. The number of hydrogen-bond donors (Lipinski definition) is 0. The topological polar surface area (TPSA) is 3.24 Å². The van der Waals surface area contributed by atoms with Gasteiger partial charge in [0.25, 0.3) is 0 Å². The van der Waals surface area contributed by atoms with E-state index in [-0.39, 0.29) is 0 Å². The van der Waals surface area contributed by atoms with Crippen molar-refractivity contribution >= 4 is 0 Å². The Bertz CT molecular complexity index is 171. The van der Waals surface area contributed by atoms with E-state index in [1.54, 1.807) is 6.20 Å². The van der Waals surface area contributed by atoms with Gasteiger partial charge < -0.3 is 4.90 Å². The Morgan fingerprint density at radius 1 is 1.55 bits per heavy atom. The largest absolute Gasteiger partial charge is 0.405 e. The zero-order valence-corrected chi connectivity index (χ0v) is 6.28. The summed E-state index contributed by atoms with van der Waals surface area (Å²) >= 11 is 0. The Morgan fingerprint density at radius 3 is 2.55 bits per heavy atom. The molecule has 0 N–H and O–H groups in total. The lowest BCUT2D eigenvalue weighted by Crippen LogP contribution is -2.28. The summed E-state index contributed by atoms with van der Waals surface area (Å²) in [7, 11) is 0. The molecule has 0 saturated heterocycles. The second kappa shape index (κ2) is 2.75. The van der Waals surface area contributed by atoms with E-state index in [1.165, 1.54) is 4.90 Å². The van der Waals surface area contributed by atoms with Crippen molar-refractivity contribution in [3.63, 3.8) is 0 Å². The highest BCUT2D eigenvalue weighted by atomic mass is 19.4. The summed E-state index contributed by atoms with van der Waals surface area (Å²) in [6.07, 6.45) is -1.73. The zero-order valence-electron chi connectivity index (χ0n) is 6.28. The highest BCUT2D eigenvalue weighted by Gasteiger charge is 2.30. The first-order valence-electron chi connectivity index (χ1n) is 3.45. The van der Waals surface area contributed by atoms with Crippen molar-refractivity contribution in [3.8, 4) is 0 Å². The molecular weight excluding hydrogens is 155 g/mol. The molecule has 0 bridgehead atoms. The van der Waals surface area contributed by atoms with Gasteiger partial charge in [-0.3, -0.25) is 0 Å². The molecule has 0 unspecified atom stereocenters. The average Bonchev–Trinajstić information content (AvgIpc) is 2.10. The van der Waals surface area contributed by atoms with E-state index in [9.17, 15) is 13.2 Å². The quantitative estimate of drug-likeness (QED) is 0.575. The molecule has 1 aliphatic rings. The summed E-state index contributed by atoms with van der Waals surface area (Å²) in [5, 5.41) is 0. The summed E-state index contributed by atoms with van der Waals surface area (Å²) in [4.78, 5) is 1.30. The van der Waals surface area contributed by atoms with Crippen molar-refractivity contribution < 1.29 is 13.2 Å². The summed E-state index contributed by atoms with van der Waals surface area (Å²) in [6, 6.07) is 0. The third-order valence-electron chi connectivity index (χ3n) is 1.58. The van der Waals surface area contributed by atoms with Gasteiger partial charge in [-0.2, -0.15) is 13.2 Å². The van der Waals surface area contributed by atoms with Gasteiger partial charge in [-0.15, -0.1) is 0 Å². The van der Waals surface area contributed by atoms with Crippen LogP contribution < -0.4 is 0 Å². The Kier molecular flexibility index (Phi) is 2.11. The molecular formula is C7H10F3N. The molecule has 0 aromatic carbocycles. The molecule has 0 aromatic heterocycles. The molecule has 1 nitrogen and oxygen atoms in total. The van der Waals surface area contributed by atoms with E-state index in [2.05, 4.69) is 0 Å². The predicted molar refractivity (Wildman–Crippen MR) is 36.0 cm³/mol. The Balaban J connectivity index is 2.40.